The SMILES string of the molecule is CC(=O)N1CC(C)Oc2cc(S(=O)(=O)Nc3ccc(C)c(F)c3)ccc21. The van der Waals surface area contributed by atoms with Gasteiger partial charge in [0, 0.05) is 13.0 Å². The third-order valence-corrected chi connectivity index (χ3v) is 5.48. The molecule has 0 saturated carbocycles. The van der Waals surface area contributed by atoms with Gasteiger partial charge in [0.05, 0.1) is 22.8 Å². The molecule has 8 heteroatoms. The molecule has 1 N–H and O–H groups in total. The fourth-order valence-corrected chi connectivity index (χ4v) is 3.82. The lowest BCUT2D eigenvalue weighted by molar-refractivity contribution is -0.117. The number of nitrogens with one attached hydrogen (secondary N) is 1. The average Bonchev–Trinajstić information content (AvgIpc) is 2.56. The Bertz CT molecular complexity index is 975. The lowest BCUT2D eigenvalue weighted by Gasteiger charge is -2.33. The van der Waals surface area contributed by atoms with Crippen LogP contribution in [0.3, 0.4) is 0 Å². The maximum absolute atomic E-state index is 13.7. The van der Waals surface area contributed by atoms with Crippen LogP contribution in [-0.2, 0) is 14.8 Å². The Kier molecular flexibility index (Phi) is 4.62. The number of fused-ring (bicyclic) bond motifs is 1. The lowest BCUT2D eigenvalue weighted by Crippen LogP contribution is -2.41. The van der Waals surface area contributed by atoms with E-state index in [1.165, 1.54) is 37.3 Å². The van der Waals surface area contributed by atoms with E-state index >= 15 is 0 Å². The Hall–Kier alpha value is -2.61. The van der Waals surface area contributed by atoms with E-state index in [0.717, 1.165) is 6.07 Å². The summed E-state index contributed by atoms with van der Waals surface area (Å²) in [4.78, 5) is 13.3. The number of carbonyl (C=O) groups excluding carboxylic acids is 1. The van der Waals surface area contributed by atoms with Gasteiger partial charge >= 0.3 is 0 Å². The van der Waals surface area contributed by atoms with Gasteiger partial charge in [-0.25, -0.2) is 12.8 Å². The summed E-state index contributed by atoms with van der Waals surface area (Å²) in [5.41, 5.74) is 1.08. The van der Waals surface area contributed by atoms with Crippen LogP contribution < -0.4 is 14.4 Å². The highest BCUT2D eigenvalue weighted by atomic mass is 32.2. The Labute approximate surface area is 151 Å². The van der Waals surface area contributed by atoms with Crippen molar-refractivity contribution in [1.82, 2.24) is 0 Å². The molecule has 0 saturated heterocycles. The summed E-state index contributed by atoms with van der Waals surface area (Å²) in [5, 5.41) is 0. The Morgan fingerprint density at radius 2 is 2.00 bits per heavy atom. The molecule has 2 aromatic carbocycles. The highest BCUT2D eigenvalue weighted by molar-refractivity contribution is 7.92. The van der Waals surface area contributed by atoms with Gasteiger partial charge in [0.1, 0.15) is 17.7 Å². The van der Waals surface area contributed by atoms with Gasteiger partial charge in [-0.05, 0) is 43.7 Å². The fourth-order valence-electron chi connectivity index (χ4n) is 2.76. The molecule has 1 amide bonds. The molecule has 138 valence electrons. The number of anilines is 2. The van der Waals surface area contributed by atoms with E-state index in [1.54, 1.807) is 18.7 Å². The van der Waals surface area contributed by atoms with Crippen LogP contribution in [0.4, 0.5) is 15.8 Å². The Balaban J connectivity index is 1.95. The summed E-state index contributed by atoms with van der Waals surface area (Å²) in [6.07, 6.45) is -0.261. The van der Waals surface area contributed by atoms with Crippen molar-refractivity contribution in [3.63, 3.8) is 0 Å². The number of benzene rings is 2. The predicted octanol–water partition coefficient (Wildman–Crippen LogP) is 3.07. The van der Waals surface area contributed by atoms with E-state index in [2.05, 4.69) is 4.72 Å². The second-order valence-corrected chi connectivity index (χ2v) is 7.94. The molecular formula is C18H19FN2O4S. The van der Waals surface area contributed by atoms with Gasteiger partial charge in [0.15, 0.2) is 0 Å². The number of rotatable bonds is 3. The van der Waals surface area contributed by atoms with Crippen LogP contribution in [0.5, 0.6) is 5.75 Å². The molecule has 1 aliphatic rings. The van der Waals surface area contributed by atoms with Crippen LogP contribution in [0.25, 0.3) is 0 Å². The van der Waals surface area contributed by atoms with Crippen molar-refractivity contribution < 1.29 is 22.3 Å². The standard InChI is InChI=1S/C18H19FN2O4S/c1-11-4-5-14(8-16(11)19)20-26(23,24)15-6-7-17-18(9-15)25-12(2)10-21(17)13(3)22/h4-9,12,20H,10H2,1-3H3. The molecule has 0 fully saturated rings. The Morgan fingerprint density at radius 3 is 2.65 bits per heavy atom. The third-order valence-electron chi connectivity index (χ3n) is 4.10. The molecule has 0 spiro atoms. The molecule has 3 rings (SSSR count). The largest absolute Gasteiger partial charge is 0.487 e. The molecule has 6 nitrogen and oxygen atoms in total. The van der Waals surface area contributed by atoms with Crippen molar-refractivity contribution in [3.8, 4) is 5.75 Å². The highest BCUT2D eigenvalue weighted by Crippen LogP contribution is 2.35. The quantitative estimate of drug-likeness (QED) is 0.891. The topological polar surface area (TPSA) is 75.7 Å². The number of halogens is 1. The number of amides is 1. The van der Waals surface area contributed by atoms with Crippen LogP contribution in [0.1, 0.15) is 19.4 Å². The molecule has 26 heavy (non-hydrogen) atoms. The monoisotopic (exact) mass is 378 g/mol. The maximum atomic E-state index is 13.7. The van der Waals surface area contributed by atoms with Crippen LogP contribution in [0, 0.1) is 12.7 Å². The summed E-state index contributed by atoms with van der Waals surface area (Å²) in [6.45, 7) is 5.24. The summed E-state index contributed by atoms with van der Waals surface area (Å²) < 4.78 is 46.9. The third kappa shape index (κ3) is 3.50. The average molecular weight is 378 g/mol. The number of ether oxygens (including phenoxy) is 1. The second-order valence-electron chi connectivity index (χ2n) is 6.26. The molecule has 0 aromatic heterocycles. The van der Waals surface area contributed by atoms with Gasteiger partial charge in [-0.3, -0.25) is 9.52 Å². The molecular weight excluding hydrogens is 359 g/mol. The maximum Gasteiger partial charge on any atom is 0.262 e. The zero-order valence-corrected chi connectivity index (χ0v) is 15.4. The van der Waals surface area contributed by atoms with Gasteiger partial charge in [0.2, 0.25) is 5.91 Å². The van der Waals surface area contributed by atoms with Crippen molar-refractivity contribution in [2.45, 2.75) is 31.8 Å². The van der Waals surface area contributed by atoms with Gasteiger partial charge in [0.25, 0.3) is 10.0 Å². The highest BCUT2D eigenvalue weighted by Gasteiger charge is 2.27. The van der Waals surface area contributed by atoms with Crippen LogP contribution >= 0.6 is 0 Å². The minimum absolute atomic E-state index is 0.0326. The van der Waals surface area contributed by atoms with Crippen LogP contribution in [-0.4, -0.2) is 27.0 Å². The first-order valence-corrected chi connectivity index (χ1v) is 9.53. The van der Waals surface area contributed by atoms with Gasteiger partial charge < -0.3 is 9.64 Å². The van der Waals surface area contributed by atoms with Gasteiger partial charge in [-0.15, -0.1) is 0 Å². The summed E-state index contributed by atoms with van der Waals surface area (Å²) in [7, 11) is -3.93. The molecule has 0 bridgehead atoms. The fraction of sp³-hybridized carbons (Fsp3) is 0.278. The smallest absolute Gasteiger partial charge is 0.262 e. The number of nitrogens with zero attached hydrogens (tertiary/aromatic N) is 1. The zero-order chi connectivity index (χ0) is 19.1. The molecule has 0 aliphatic carbocycles. The van der Waals surface area contributed by atoms with Crippen molar-refractivity contribution in [2.75, 3.05) is 16.2 Å². The van der Waals surface area contributed by atoms with E-state index in [4.69, 9.17) is 4.74 Å². The van der Waals surface area contributed by atoms with Crippen molar-refractivity contribution in [2.24, 2.45) is 0 Å². The number of sulfonamides is 1. The number of aryl methyl sites for hydroxylation is 1. The van der Waals surface area contributed by atoms with Crippen LogP contribution in [0.15, 0.2) is 41.3 Å². The summed E-state index contributed by atoms with van der Waals surface area (Å²) in [6, 6.07) is 8.41. The molecule has 0 radical (unpaired) electrons. The van der Waals surface area contributed by atoms with Gasteiger partial charge in [-0.1, -0.05) is 6.07 Å². The predicted molar refractivity (Wildman–Crippen MR) is 96.5 cm³/mol. The van der Waals surface area contributed by atoms with E-state index in [-0.39, 0.29) is 22.6 Å². The van der Waals surface area contributed by atoms with Crippen LogP contribution in [0.2, 0.25) is 0 Å². The molecule has 1 unspecified atom stereocenters. The molecule has 2 aromatic rings. The summed E-state index contributed by atoms with van der Waals surface area (Å²) >= 11 is 0. The molecule has 1 heterocycles. The van der Waals surface area contributed by atoms with E-state index in [0.29, 0.717) is 23.5 Å². The first-order valence-electron chi connectivity index (χ1n) is 8.05. The lowest BCUT2D eigenvalue weighted by atomic mass is 10.2. The number of hydrogen-bond acceptors (Lipinski definition) is 4. The number of hydrogen-bond donors (Lipinski definition) is 1. The number of carbonyl (C=O) groups is 1. The summed E-state index contributed by atoms with van der Waals surface area (Å²) in [5.74, 6) is -0.327. The molecule has 1 atom stereocenters. The first-order chi connectivity index (χ1) is 12.2. The van der Waals surface area contributed by atoms with E-state index in [1.807, 2.05) is 0 Å². The van der Waals surface area contributed by atoms with Gasteiger partial charge in [-0.2, -0.15) is 0 Å². The molecule has 1 aliphatic heterocycles. The Morgan fingerprint density at radius 1 is 1.27 bits per heavy atom. The van der Waals surface area contributed by atoms with Crippen molar-refractivity contribution in [1.29, 1.82) is 0 Å². The van der Waals surface area contributed by atoms with Crippen molar-refractivity contribution >= 4 is 27.3 Å². The van der Waals surface area contributed by atoms with Crippen molar-refractivity contribution in [3.05, 3.63) is 47.8 Å². The van der Waals surface area contributed by atoms with E-state index < -0.39 is 15.8 Å². The first kappa shape index (κ1) is 18.2. The van der Waals surface area contributed by atoms with E-state index in [9.17, 15) is 17.6 Å². The normalized spacial score (nSPS) is 16.6. The minimum Gasteiger partial charge on any atom is -0.487 e. The zero-order valence-electron chi connectivity index (χ0n) is 14.6. The second kappa shape index (κ2) is 6.60. The minimum atomic E-state index is -3.93.